The summed E-state index contributed by atoms with van der Waals surface area (Å²) in [6, 6.07) is 11.2. The molecular formula is C13H13NO2S. The standard InChI is InChI=1S/C13H13NO2S/c1-14(2)13(17)16-12-8-10-6-4-3-5-9(10)7-11(12)15/h3-8,15H,1-2H3. The molecule has 0 radical (unpaired) electrons. The molecule has 0 saturated heterocycles. The summed E-state index contributed by atoms with van der Waals surface area (Å²) < 4.78 is 5.42. The van der Waals surface area contributed by atoms with E-state index in [1.807, 2.05) is 24.3 Å². The van der Waals surface area contributed by atoms with E-state index in [9.17, 15) is 5.11 Å². The molecule has 1 N–H and O–H groups in total. The van der Waals surface area contributed by atoms with Gasteiger partial charge in [-0.05, 0) is 35.1 Å². The third-order valence-corrected chi connectivity index (χ3v) is 2.84. The molecule has 0 heterocycles. The first kappa shape index (κ1) is 11.7. The zero-order chi connectivity index (χ0) is 12.4. The molecule has 3 nitrogen and oxygen atoms in total. The molecule has 17 heavy (non-hydrogen) atoms. The van der Waals surface area contributed by atoms with Crippen molar-refractivity contribution < 1.29 is 9.84 Å². The molecule has 2 rings (SSSR count). The Balaban J connectivity index is 2.41. The smallest absolute Gasteiger partial charge is 0.264 e. The molecule has 4 heteroatoms. The average molecular weight is 247 g/mol. The van der Waals surface area contributed by atoms with Crippen LogP contribution in [0.1, 0.15) is 0 Å². The van der Waals surface area contributed by atoms with Gasteiger partial charge in [0.15, 0.2) is 11.5 Å². The summed E-state index contributed by atoms with van der Waals surface area (Å²) in [6.45, 7) is 0. The van der Waals surface area contributed by atoms with Crippen molar-refractivity contribution in [3.05, 3.63) is 36.4 Å². The number of aromatic hydroxyl groups is 1. The van der Waals surface area contributed by atoms with Crippen molar-refractivity contribution in [2.75, 3.05) is 14.1 Å². The summed E-state index contributed by atoms with van der Waals surface area (Å²) in [7, 11) is 3.58. The van der Waals surface area contributed by atoms with Crippen LogP contribution in [-0.4, -0.2) is 29.3 Å². The Morgan fingerprint density at radius 2 is 1.76 bits per heavy atom. The number of fused-ring (bicyclic) bond motifs is 1. The number of hydrogen-bond acceptors (Lipinski definition) is 3. The van der Waals surface area contributed by atoms with Gasteiger partial charge in [0.1, 0.15) is 0 Å². The highest BCUT2D eigenvalue weighted by Gasteiger charge is 2.08. The van der Waals surface area contributed by atoms with Gasteiger partial charge in [0.05, 0.1) is 0 Å². The lowest BCUT2D eigenvalue weighted by atomic mass is 10.1. The van der Waals surface area contributed by atoms with Gasteiger partial charge in [-0.1, -0.05) is 24.3 Å². The molecule has 0 fully saturated rings. The first-order valence-electron chi connectivity index (χ1n) is 5.19. The maximum absolute atomic E-state index is 9.84. The third kappa shape index (κ3) is 2.47. The predicted molar refractivity (Wildman–Crippen MR) is 72.5 cm³/mol. The molecule has 0 aliphatic heterocycles. The van der Waals surface area contributed by atoms with Crippen LogP contribution in [0.25, 0.3) is 10.8 Å². The van der Waals surface area contributed by atoms with E-state index in [1.165, 1.54) is 0 Å². The Morgan fingerprint density at radius 1 is 1.18 bits per heavy atom. The number of hydrogen-bond donors (Lipinski definition) is 1. The van der Waals surface area contributed by atoms with E-state index < -0.39 is 0 Å². The van der Waals surface area contributed by atoms with E-state index in [0.29, 0.717) is 10.9 Å². The summed E-state index contributed by atoms with van der Waals surface area (Å²) in [5.41, 5.74) is 0. The van der Waals surface area contributed by atoms with Crippen LogP contribution in [0.3, 0.4) is 0 Å². The zero-order valence-electron chi connectivity index (χ0n) is 9.68. The van der Waals surface area contributed by atoms with Crippen molar-refractivity contribution in [1.82, 2.24) is 4.90 Å². The van der Waals surface area contributed by atoms with Gasteiger partial charge in [-0.2, -0.15) is 0 Å². The number of phenols is 1. The van der Waals surface area contributed by atoms with Gasteiger partial charge in [-0.3, -0.25) is 0 Å². The van der Waals surface area contributed by atoms with Gasteiger partial charge in [-0.15, -0.1) is 0 Å². The summed E-state index contributed by atoms with van der Waals surface area (Å²) in [5, 5.41) is 12.1. The maximum Gasteiger partial charge on any atom is 0.264 e. The number of rotatable bonds is 1. The fourth-order valence-corrected chi connectivity index (χ4v) is 1.56. The van der Waals surface area contributed by atoms with Crippen LogP contribution in [0, 0.1) is 0 Å². The van der Waals surface area contributed by atoms with Crippen LogP contribution in [0.5, 0.6) is 11.5 Å². The average Bonchev–Trinajstić information content (AvgIpc) is 2.29. The second-order valence-electron chi connectivity index (χ2n) is 3.93. The van der Waals surface area contributed by atoms with Crippen molar-refractivity contribution in [3.63, 3.8) is 0 Å². The molecule has 88 valence electrons. The molecule has 0 bridgehead atoms. The Kier molecular flexibility index (Phi) is 3.15. The monoisotopic (exact) mass is 247 g/mol. The van der Waals surface area contributed by atoms with E-state index in [2.05, 4.69) is 0 Å². The second-order valence-corrected chi connectivity index (χ2v) is 4.28. The first-order valence-corrected chi connectivity index (χ1v) is 5.59. The largest absolute Gasteiger partial charge is 0.504 e. The second kappa shape index (κ2) is 4.59. The van der Waals surface area contributed by atoms with Crippen LogP contribution in [0.4, 0.5) is 0 Å². The molecule has 0 spiro atoms. The minimum atomic E-state index is 0.0906. The molecule has 0 atom stereocenters. The van der Waals surface area contributed by atoms with Crippen molar-refractivity contribution in [2.45, 2.75) is 0 Å². The van der Waals surface area contributed by atoms with Crippen molar-refractivity contribution in [3.8, 4) is 11.5 Å². The van der Waals surface area contributed by atoms with Crippen LogP contribution < -0.4 is 4.74 Å². The number of benzene rings is 2. The third-order valence-electron chi connectivity index (χ3n) is 2.39. The highest BCUT2D eigenvalue weighted by atomic mass is 32.1. The van der Waals surface area contributed by atoms with Crippen LogP contribution in [-0.2, 0) is 0 Å². The number of thiocarbonyl (C=S) groups is 1. The highest BCUT2D eigenvalue weighted by Crippen LogP contribution is 2.31. The minimum absolute atomic E-state index is 0.0906. The Morgan fingerprint density at radius 3 is 2.35 bits per heavy atom. The van der Waals surface area contributed by atoms with E-state index >= 15 is 0 Å². The van der Waals surface area contributed by atoms with Gasteiger partial charge in [-0.25, -0.2) is 0 Å². The molecule has 2 aromatic carbocycles. The highest BCUT2D eigenvalue weighted by molar-refractivity contribution is 7.80. The number of phenolic OH excluding ortho intramolecular Hbond substituents is 1. The SMILES string of the molecule is CN(C)C(=S)Oc1cc2ccccc2cc1O. The van der Waals surface area contributed by atoms with Gasteiger partial charge in [0.2, 0.25) is 0 Å². The lowest BCUT2D eigenvalue weighted by molar-refractivity contribution is 0.406. The fourth-order valence-electron chi connectivity index (χ4n) is 1.47. The summed E-state index contributed by atoms with van der Waals surface area (Å²) >= 11 is 5.03. The molecule has 2 aromatic rings. The van der Waals surface area contributed by atoms with Gasteiger partial charge in [0, 0.05) is 14.1 Å². The van der Waals surface area contributed by atoms with Crippen molar-refractivity contribution in [2.24, 2.45) is 0 Å². The van der Waals surface area contributed by atoms with Crippen LogP contribution in [0.2, 0.25) is 0 Å². The number of ether oxygens (including phenoxy) is 1. The molecule has 0 unspecified atom stereocenters. The van der Waals surface area contributed by atoms with Gasteiger partial charge in [0.25, 0.3) is 5.17 Å². The van der Waals surface area contributed by atoms with Gasteiger partial charge < -0.3 is 14.7 Å². The lowest BCUT2D eigenvalue weighted by Crippen LogP contribution is -2.24. The van der Waals surface area contributed by atoms with Gasteiger partial charge >= 0.3 is 0 Å². The van der Waals surface area contributed by atoms with Crippen LogP contribution >= 0.6 is 12.2 Å². The lowest BCUT2D eigenvalue weighted by Gasteiger charge is -2.15. The van der Waals surface area contributed by atoms with E-state index in [4.69, 9.17) is 17.0 Å². The molecular weight excluding hydrogens is 234 g/mol. The first-order chi connectivity index (χ1) is 8.08. The van der Waals surface area contributed by atoms with Crippen molar-refractivity contribution >= 4 is 28.2 Å². The molecule has 0 aliphatic carbocycles. The Hall–Kier alpha value is -1.81. The Labute approximate surface area is 105 Å². The summed E-state index contributed by atoms with van der Waals surface area (Å²) in [6.07, 6.45) is 0. The minimum Gasteiger partial charge on any atom is -0.504 e. The van der Waals surface area contributed by atoms with Crippen LogP contribution in [0.15, 0.2) is 36.4 Å². The number of nitrogens with zero attached hydrogens (tertiary/aromatic N) is 1. The summed E-state index contributed by atoms with van der Waals surface area (Å²) in [4.78, 5) is 1.67. The molecule has 0 aromatic heterocycles. The fraction of sp³-hybridized carbons (Fsp3) is 0.154. The normalized spacial score (nSPS) is 10.2. The molecule has 0 aliphatic rings. The van der Waals surface area contributed by atoms with Crippen molar-refractivity contribution in [1.29, 1.82) is 0 Å². The zero-order valence-corrected chi connectivity index (χ0v) is 10.5. The quantitative estimate of drug-likeness (QED) is 0.785. The predicted octanol–water partition coefficient (Wildman–Crippen LogP) is 2.77. The van der Waals surface area contributed by atoms with E-state index in [0.717, 1.165) is 10.8 Å². The Bertz CT molecular complexity index is 566. The summed E-state index contributed by atoms with van der Waals surface area (Å²) in [5.74, 6) is 0.468. The molecule has 0 saturated carbocycles. The maximum atomic E-state index is 9.84. The topological polar surface area (TPSA) is 32.7 Å². The molecule has 0 amide bonds. The van der Waals surface area contributed by atoms with E-state index in [1.54, 1.807) is 31.1 Å². The van der Waals surface area contributed by atoms with E-state index in [-0.39, 0.29) is 5.75 Å².